The summed E-state index contributed by atoms with van der Waals surface area (Å²) in [7, 11) is -3.05. The highest BCUT2D eigenvalue weighted by molar-refractivity contribution is 7.90. The van der Waals surface area contributed by atoms with Gasteiger partial charge >= 0.3 is 0 Å². The minimum atomic E-state index is -3.05. The molecule has 2 aromatic heterocycles. The molecule has 7 heteroatoms. The molecule has 0 fully saturated rings. The average molecular weight is 253 g/mol. The van der Waals surface area contributed by atoms with Gasteiger partial charge in [-0.2, -0.15) is 5.10 Å². The molecule has 0 unspecified atom stereocenters. The van der Waals surface area contributed by atoms with Gasteiger partial charge in [0.25, 0.3) is 0 Å². The number of nitrogens with zero attached hydrogens (tertiary/aromatic N) is 2. The van der Waals surface area contributed by atoms with Crippen LogP contribution in [-0.4, -0.2) is 24.0 Å². The van der Waals surface area contributed by atoms with Gasteiger partial charge in [0.1, 0.15) is 0 Å². The van der Waals surface area contributed by atoms with Crippen LogP contribution in [-0.2, 0) is 22.1 Å². The zero-order valence-electron chi connectivity index (χ0n) is 8.96. The van der Waals surface area contributed by atoms with Crippen molar-refractivity contribution in [3.05, 3.63) is 24.1 Å². The van der Waals surface area contributed by atoms with Gasteiger partial charge in [0.2, 0.25) is 0 Å². The molecule has 0 saturated carbocycles. The van der Waals surface area contributed by atoms with Gasteiger partial charge in [0.05, 0.1) is 35.7 Å². The number of nitrogens with two attached hydrogens (primary N) is 1. The summed E-state index contributed by atoms with van der Waals surface area (Å²) in [6.45, 7) is 0.350. The van der Waals surface area contributed by atoms with Crippen LogP contribution in [0.5, 0.6) is 0 Å². The third-order valence-electron chi connectivity index (χ3n) is 2.82. The van der Waals surface area contributed by atoms with Gasteiger partial charge in [-0.15, -0.1) is 0 Å². The first-order valence-corrected chi connectivity index (χ1v) is 6.98. The lowest BCUT2D eigenvalue weighted by Gasteiger charge is -2.13. The van der Waals surface area contributed by atoms with E-state index in [0.717, 1.165) is 0 Å². The van der Waals surface area contributed by atoms with Crippen molar-refractivity contribution in [2.75, 3.05) is 11.5 Å². The minimum Gasteiger partial charge on any atom is -0.463 e. The minimum absolute atomic E-state index is 0.0491. The van der Waals surface area contributed by atoms with E-state index >= 15 is 0 Å². The Hall–Kier alpha value is -1.76. The van der Waals surface area contributed by atoms with Crippen LogP contribution < -0.4 is 5.73 Å². The molecule has 0 amide bonds. The fraction of sp³-hybridized carbons (Fsp3) is 0.300. The standard InChI is InChI=1S/C10H11N3O3S/c11-9-7-6-17(14,15)5-3-13(7)12-10(9)8-2-1-4-16-8/h1-2,4H,3,5-6,11H2. The number of aromatic nitrogens is 2. The van der Waals surface area contributed by atoms with Crippen LogP contribution in [0, 0.1) is 0 Å². The van der Waals surface area contributed by atoms with Crippen molar-refractivity contribution in [2.45, 2.75) is 12.3 Å². The monoisotopic (exact) mass is 253 g/mol. The molecule has 0 aromatic carbocycles. The summed E-state index contributed by atoms with van der Waals surface area (Å²) in [6, 6.07) is 3.49. The first-order valence-electron chi connectivity index (χ1n) is 5.16. The fourth-order valence-electron chi connectivity index (χ4n) is 1.95. The Morgan fingerprint density at radius 2 is 2.29 bits per heavy atom. The van der Waals surface area contributed by atoms with Crippen molar-refractivity contribution >= 4 is 15.5 Å². The SMILES string of the molecule is Nc1c(-c2ccco2)nn2c1CS(=O)(=O)CC2. The summed E-state index contributed by atoms with van der Waals surface area (Å²) < 4.78 is 30.0. The smallest absolute Gasteiger partial charge is 0.157 e. The summed E-state index contributed by atoms with van der Waals surface area (Å²) in [4.78, 5) is 0. The second-order valence-corrected chi connectivity index (χ2v) is 6.19. The van der Waals surface area contributed by atoms with Gasteiger partial charge in [-0.25, -0.2) is 8.42 Å². The first-order chi connectivity index (χ1) is 8.07. The highest BCUT2D eigenvalue weighted by Crippen LogP contribution is 2.31. The average Bonchev–Trinajstić information content (AvgIpc) is 2.87. The highest BCUT2D eigenvalue weighted by Gasteiger charge is 2.27. The van der Waals surface area contributed by atoms with Gasteiger partial charge in [-0.1, -0.05) is 0 Å². The molecule has 1 aliphatic rings. The van der Waals surface area contributed by atoms with E-state index in [1.54, 1.807) is 16.8 Å². The molecule has 0 aliphatic carbocycles. The molecule has 0 saturated heterocycles. The van der Waals surface area contributed by atoms with Crippen LogP contribution in [0.3, 0.4) is 0 Å². The molecular weight excluding hydrogens is 242 g/mol. The molecular formula is C10H11N3O3S. The van der Waals surface area contributed by atoms with E-state index in [-0.39, 0.29) is 11.5 Å². The van der Waals surface area contributed by atoms with Crippen LogP contribution in [0.2, 0.25) is 0 Å². The predicted molar refractivity (Wildman–Crippen MR) is 61.8 cm³/mol. The summed E-state index contributed by atoms with van der Waals surface area (Å²) >= 11 is 0. The lowest BCUT2D eigenvalue weighted by atomic mass is 10.2. The molecule has 17 heavy (non-hydrogen) atoms. The molecule has 3 heterocycles. The zero-order chi connectivity index (χ0) is 12.0. The highest BCUT2D eigenvalue weighted by atomic mass is 32.2. The van der Waals surface area contributed by atoms with Gasteiger partial charge in [0.15, 0.2) is 21.3 Å². The van der Waals surface area contributed by atoms with Crippen molar-refractivity contribution in [3.63, 3.8) is 0 Å². The quantitative estimate of drug-likeness (QED) is 0.805. The number of rotatable bonds is 1. The normalized spacial score (nSPS) is 17.9. The van der Waals surface area contributed by atoms with Crippen molar-refractivity contribution < 1.29 is 12.8 Å². The molecule has 3 rings (SSSR count). The molecule has 2 aromatic rings. The van der Waals surface area contributed by atoms with E-state index in [4.69, 9.17) is 10.2 Å². The van der Waals surface area contributed by atoms with Crippen LogP contribution in [0.15, 0.2) is 22.8 Å². The van der Waals surface area contributed by atoms with Crippen LogP contribution in [0.1, 0.15) is 5.69 Å². The first kappa shape index (κ1) is 10.4. The Kier molecular flexibility index (Phi) is 2.06. The summed E-state index contributed by atoms with van der Waals surface area (Å²) in [6.07, 6.45) is 1.53. The number of hydrogen-bond acceptors (Lipinski definition) is 5. The van der Waals surface area contributed by atoms with E-state index in [1.165, 1.54) is 6.26 Å². The van der Waals surface area contributed by atoms with Gasteiger partial charge < -0.3 is 10.2 Å². The van der Waals surface area contributed by atoms with Crippen molar-refractivity contribution in [1.82, 2.24) is 9.78 Å². The second-order valence-electron chi connectivity index (χ2n) is 4.00. The van der Waals surface area contributed by atoms with Crippen molar-refractivity contribution in [3.8, 4) is 11.5 Å². The van der Waals surface area contributed by atoms with E-state index in [2.05, 4.69) is 5.10 Å². The molecule has 0 bridgehead atoms. The number of furan rings is 1. The van der Waals surface area contributed by atoms with E-state index in [9.17, 15) is 8.42 Å². The Labute approximate surface area is 97.9 Å². The summed E-state index contributed by atoms with van der Waals surface area (Å²) in [5.74, 6) is 0.618. The Balaban J connectivity index is 2.15. The number of hydrogen-bond donors (Lipinski definition) is 1. The van der Waals surface area contributed by atoms with Crippen molar-refractivity contribution in [2.24, 2.45) is 0 Å². The van der Waals surface area contributed by atoms with Gasteiger partial charge in [-0.05, 0) is 12.1 Å². The molecule has 90 valence electrons. The number of fused-ring (bicyclic) bond motifs is 1. The predicted octanol–water partition coefficient (Wildman–Crippen LogP) is 0.654. The maximum atomic E-state index is 11.5. The molecule has 2 N–H and O–H groups in total. The molecule has 1 aliphatic heterocycles. The fourth-order valence-corrected chi connectivity index (χ4v) is 3.27. The van der Waals surface area contributed by atoms with Crippen LogP contribution in [0.25, 0.3) is 11.5 Å². The Morgan fingerprint density at radius 3 is 3.00 bits per heavy atom. The lowest BCUT2D eigenvalue weighted by Crippen LogP contribution is -2.24. The number of aryl methyl sites for hydroxylation is 1. The van der Waals surface area contributed by atoms with E-state index in [1.807, 2.05) is 0 Å². The Morgan fingerprint density at radius 1 is 1.47 bits per heavy atom. The number of nitrogen functional groups attached to an aromatic ring is 1. The third kappa shape index (κ3) is 1.62. The topological polar surface area (TPSA) is 91.1 Å². The lowest BCUT2D eigenvalue weighted by molar-refractivity contribution is 0.552. The van der Waals surface area contributed by atoms with Gasteiger partial charge in [-0.3, -0.25) is 4.68 Å². The van der Waals surface area contributed by atoms with Crippen molar-refractivity contribution in [1.29, 1.82) is 0 Å². The molecule has 0 atom stereocenters. The maximum Gasteiger partial charge on any atom is 0.157 e. The number of anilines is 1. The van der Waals surface area contributed by atoms with Crippen LogP contribution >= 0.6 is 0 Å². The maximum absolute atomic E-state index is 11.5. The number of sulfone groups is 1. The second kappa shape index (κ2) is 3.36. The van der Waals surface area contributed by atoms with E-state index in [0.29, 0.717) is 29.4 Å². The largest absolute Gasteiger partial charge is 0.463 e. The zero-order valence-corrected chi connectivity index (χ0v) is 9.77. The molecule has 6 nitrogen and oxygen atoms in total. The van der Waals surface area contributed by atoms with Crippen LogP contribution in [0.4, 0.5) is 5.69 Å². The third-order valence-corrected chi connectivity index (χ3v) is 4.34. The van der Waals surface area contributed by atoms with E-state index < -0.39 is 9.84 Å². The van der Waals surface area contributed by atoms with Gasteiger partial charge in [0, 0.05) is 0 Å². The molecule has 0 radical (unpaired) electrons. The summed E-state index contributed by atoms with van der Waals surface area (Å²) in [5, 5.41) is 4.29. The summed E-state index contributed by atoms with van der Waals surface area (Å²) in [5.41, 5.74) is 7.39. The Bertz CT molecular complexity index is 655. The molecule has 0 spiro atoms.